The Morgan fingerprint density at radius 3 is 2.59 bits per heavy atom. The predicted molar refractivity (Wildman–Crippen MR) is 123 cm³/mol. The van der Waals surface area contributed by atoms with Crippen molar-refractivity contribution in [1.29, 1.82) is 0 Å². The second-order valence-corrected chi connectivity index (χ2v) is 10.0. The van der Waals surface area contributed by atoms with Gasteiger partial charge in [-0.15, -0.1) is 0 Å². The molecule has 2 aromatic carbocycles. The first-order valence-corrected chi connectivity index (χ1v) is 12.1. The van der Waals surface area contributed by atoms with Crippen LogP contribution in [0.25, 0.3) is 16.8 Å². The molecule has 3 unspecified atom stereocenters. The number of hydrogen-bond acceptors (Lipinski definition) is 4. The monoisotopic (exact) mass is 487 g/mol. The molecule has 2 heterocycles. The summed E-state index contributed by atoms with van der Waals surface area (Å²) in [5.74, 6) is 2.41. The van der Waals surface area contributed by atoms with Gasteiger partial charge in [0, 0.05) is 34.2 Å². The summed E-state index contributed by atoms with van der Waals surface area (Å²) < 4.78 is 59.3. The second kappa shape index (κ2) is 8.15. The average molecular weight is 488 g/mol. The number of fused-ring (bicyclic) bond motifs is 3. The zero-order chi connectivity index (χ0) is 24.2. The molecule has 0 spiro atoms. The zero-order valence-electron chi connectivity index (χ0n) is 17.7. The molecule has 0 fully saturated rings. The Morgan fingerprint density at radius 1 is 1.21 bits per heavy atom. The fraction of sp³-hybridized carbons (Fsp3) is 0.167. The third-order valence-electron chi connectivity index (χ3n) is 5.95. The van der Waals surface area contributed by atoms with Gasteiger partial charge < -0.3 is 14.2 Å². The van der Waals surface area contributed by atoms with Gasteiger partial charge in [-0.2, -0.15) is 8.78 Å². The maximum absolute atomic E-state index is 15.0. The number of ether oxygens (including phenoxy) is 1. The Bertz CT molecular complexity index is 1500. The number of rotatable bonds is 5. The number of hydrogen-bond donors (Lipinski definition) is 2. The Labute approximate surface area is 193 Å². The van der Waals surface area contributed by atoms with Crippen LogP contribution >= 0.6 is 0 Å². The molecule has 0 amide bonds. The quantitative estimate of drug-likeness (QED) is 0.412. The first kappa shape index (κ1) is 22.5. The minimum atomic E-state index is -3.00. The van der Waals surface area contributed by atoms with Crippen LogP contribution in [0.4, 0.5) is 13.2 Å². The van der Waals surface area contributed by atoms with E-state index in [1.54, 1.807) is 40.9 Å². The van der Waals surface area contributed by atoms with Crippen LogP contribution < -0.4 is 9.88 Å². The van der Waals surface area contributed by atoms with Gasteiger partial charge in [0.2, 0.25) is 0 Å². The summed E-state index contributed by atoms with van der Waals surface area (Å²) in [7, 11) is -2.90. The maximum atomic E-state index is 15.0. The van der Waals surface area contributed by atoms with Gasteiger partial charge >= 0.3 is 6.61 Å². The third-order valence-corrected chi connectivity index (χ3v) is 7.02. The number of para-hydroxylation sites is 1. The van der Waals surface area contributed by atoms with Crippen molar-refractivity contribution < 1.29 is 27.2 Å². The summed E-state index contributed by atoms with van der Waals surface area (Å²) >= 11 is 0. The Kier molecular flexibility index (Phi) is 5.38. The number of halogens is 3. The number of pyridine rings is 1. The van der Waals surface area contributed by atoms with E-state index >= 15 is 4.39 Å². The molecular weight excluding hydrogens is 467 g/mol. The average Bonchev–Trinajstić information content (AvgIpc) is 3.29. The first-order valence-electron chi connectivity index (χ1n) is 10.3. The van der Waals surface area contributed by atoms with Gasteiger partial charge in [-0.25, -0.2) is 13.6 Å². The van der Waals surface area contributed by atoms with Crippen LogP contribution in [0.15, 0.2) is 65.7 Å². The largest absolute Gasteiger partial charge is 0.435 e. The molecule has 0 aliphatic heterocycles. The fourth-order valence-corrected chi connectivity index (χ4v) is 5.06. The first-order chi connectivity index (χ1) is 16.1. The molecule has 6 nitrogen and oxygen atoms in total. The van der Waals surface area contributed by atoms with E-state index in [1.807, 2.05) is 0 Å². The van der Waals surface area contributed by atoms with Crippen molar-refractivity contribution in [2.24, 2.45) is 5.14 Å². The van der Waals surface area contributed by atoms with Crippen molar-refractivity contribution in [3.8, 4) is 16.9 Å². The number of nitrogens with two attached hydrogens (primary N) is 1. The minimum absolute atomic E-state index is 0.00831. The van der Waals surface area contributed by atoms with E-state index in [4.69, 9.17) is 9.88 Å². The van der Waals surface area contributed by atoms with E-state index in [0.717, 1.165) is 0 Å². The highest BCUT2D eigenvalue weighted by Crippen LogP contribution is 2.47. The topological polar surface area (TPSA) is 89.9 Å². The Hall–Kier alpha value is -3.34. The molecular formula is C24H20F3N3O3S. The SMILES string of the molecule is C=S(N)(=O)c1ccc(-c2cn3c4c(nc3cc2F)C(O)CC4c2ccccc2OC(F)F)cc1. The maximum Gasteiger partial charge on any atom is 0.387 e. The van der Waals surface area contributed by atoms with Crippen LogP contribution in [-0.4, -0.2) is 31.2 Å². The molecule has 4 aromatic rings. The number of benzene rings is 2. The highest BCUT2D eigenvalue weighted by molar-refractivity contribution is 7.98. The van der Waals surface area contributed by atoms with Crippen LogP contribution in [0.1, 0.15) is 35.4 Å². The molecule has 0 saturated heterocycles. The lowest BCUT2D eigenvalue weighted by Crippen LogP contribution is -2.11. The Morgan fingerprint density at radius 2 is 1.91 bits per heavy atom. The molecule has 0 radical (unpaired) electrons. The third kappa shape index (κ3) is 3.83. The van der Waals surface area contributed by atoms with Crippen LogP contribution in [0.5, 0.6) is 5.75 Å². The normalized spacial score (nSPS) is 19.4. The van der Waals surface area contributed by atoms with Gasteiger partial charge in [-0.1, -0.05) is 30.3 Å². The van der Waals surface area contributed by atoms with Crippen molar-refractivity contribution >= 4 is 21.2 Å². The van der Waals surface area contributed by atoms with Crippen LogP contribution in [0.3, 0.4) is 0 Å². The second-order valence-electron chi connectivity index (χ2n) is 8.12. The molecule has 3 atom stereocenters. The summed E-state index contributed by atoms with van der Waals surface area (Å²) in [6.45, 7) is -3.00. The van der Waals surface area contributed by atoms with Crippen molar-refractivity contribution in [3.05, 3.63) is 83.6 Å². The molecule has 0 bridgehead atoms. The zero-order valence-corrected chi connectivity index (χ0v) is 18.5. The van der Waals surface area contributed by atoms with Crippen LogP contribution in [-0.2, 0) is 9.71 Å². The lowest BCUT2D eigenvalue weighted by atomic mass is 9.95. The van der Waals surface area contributed by atoms with Gasteiger partial charge in [0.15, 0.2) is 0 Å². The van der Waals surface area contributed by atoms with Gasteiger partial charge in [0.1, 0.15) is 17.2 Å². The highest BCUT2D eigenvalue weighted by atomic mass is 32.2. The molecule has 5 rings (SSSR count). The highest BCUT2D eigenvalue weighted by Gasteiger charge is 2.37. The van der Waals surface area contributed by atoms with Crippen molar-refractivity contribution in [1.82, 2.24) is 9.38 Å². The summed E-state index contributed by atoms with van der Waals surface area (Å²) in [4.78, 5) is 4.74. The lowest BCUT2D eigenvalue weighted by Gasteiger charge is -2.17. The molecule has 3 N–H and O–H groups in total. The summed E-state index contributed by atoms with van der Waals surface area (Å²) in [6.07, 6.45) is 0.830. The van der Waals surface area contributed by atoms with Gasteiger partial charge in [-0.3, -0.25) is 5.14 Å². The molecule has 10 heteroatoms. The molecule has 34 heavy (non-hydrogen) atoms. The number of aromatic nitrogens is 2. The van der Waals surface area contributed by atoms with Gasteiger partial charge in [0.05, 0.1) is 27.2 Å². The summed E-state index contributed by atoms with van der Waals surface area (Å²) in [5, 5.41) is 16.2. The predicted octanol–water partition coefficient (Wildman–Crippen LogP) is 4.26. The number of alkyl halides is 2. The van der Waals surface area contributed by atoms with E-state index in [-0.39, 0.29) is 23.4 Å². The number of imidazole rings is 1. The van der Waals surface area contributed by atoms with Crippen LogP contribution in [0.2, 0.25) is 0 Å². The number of aliphatic hydroxyl groups excluding tert-OH is 1. The lowest BCUT2D eigenvalue weighted by molar-refractivity contribution is -0.0506. The van der Waals surface area contributed by atoms with Crippen molar-refractivity contribution in [2.75, 3.05) is 0 Å². The standard InChI is InChI=1S/C24H20F3N3O3S/c1-34(28,32)14-8-6-13(7-9-14)17-12-30-21(11-18(17)25)29-22-19(31)10-16(23(22)30)15-4-2-3-5-20(15)33-24(26)27/h2-9,11-12,16,19,24,31H,1,10H2,(H2,28,32). The molecule has 0 saturated carbocycles. The van der Waals surface area contributed by atoms with E-state index in [1.165, 1.54) is 24.3 Å². The van der Waals surface area contributed by atoms with E-state index in [9.17, 15) is 18.1 Å². The van der Waals surface area contributed by atoms with Crippen LogP contribution in [0, 0.1) is 5.82 Å². The van der Waals surface area contributed by atoms with Gasteiger partial charge in [-0.05, 0) is 36.1 Å². The Balaban J connectivity index is 1.65. The van der Waals surface area contributed by atoms with E-state index in [0.29, 0.717) is 27.4 Å². The van der Waals surface area contributed by atoms with Crippen molar-refractivity contribution in [2.45, 2.75) is 29.9 Å². The number of aliphatic hydroxyl groups is 1. The molecule has 1 aliphatic rings. The molecule has 176 valence electrons. The summed E-state index contributed by atoms with van der Waals surface area (Å²) in [6, 6.07) is 13.9. The fourth-order valence-electron chi connectivity index (χ4n) is 4.46. The molecule has 2 aromatic heterocycles. The molecule has 1 aliphatic carbocycles. The van der Waals surface area contributed by atoms with Crippen molar-refractivity contribution in [3.63, 3.8) is 0 Å². The summed E-state index contributed by atoms with van der Waals surface area (Å²) in [5.41, 5.74) is 2.44. The van der Waals surface area contributed by atoms with E-state index in [2.05, 4.69) is 10.9 Å². The van der Waals surface area contributed by atoms with E-state index < -0.39 is 34.2 Å². The number of nitrogens with zero attached hydrogens (tertiary/aromatic N) is 2. The minimum Gasteiger partial charge on any atom is -0.435 e. The van der Waals surface area contributed by atoms with Gasteiger partial charge in [0.25, 0.3) is 0 Å². The smallest absolute Gasteiger partial charge is 0.387 e.